The second-order valence-electron chi connectivity index (χ2n) is 4.52. The van der Waals surface area contributed by atoms with Crippen molar-refractivity contribution in [1.29, 1.82) is 0 Å². The summed E-state index contributed by atoms with van der Waals surface area (Å²) in [5.41, 5.74) is 9.50. The van der Waals surface area contributed by atoms with Gasteiger partial charge in [0.1, 0.15) is 0 Å². The summed E-state index contributed by atoms with van der Waals surface area (Å²) in [6.45, 7) is 0. The summed E-state index contributed by atoms with van der Waals surface area (Å²) in [6, 6.07) is 13.1. The number of hydrogen-bond donors (Lipinski definition) is 2. The summed E-state index contributed by atoms with van der Waals surface area (Å²) in [5, 5.41) is 8.39. The summed E-state index contributed by atoms with van der Waals surface area (Å²) >= 11 is 15.5. The van der Waals surface area contributed by atoms with E-state index in [1.54, 1.807) is 0 Å². The van der Waals surface area contributed by atoms with Gasteiger partial charge < -0.3 is 5.73 Å². The molecular weight excluding hydrogens is 373 g/mol. The molecule has 0 amide bonds. The Kier molecular flexibility index (Phi) is 3.93. The molecule has 0 atom stereocenters. The Balaban J connectivity index is 2.19. The van der Waals surface area contributed by atoms with E-state index in [1.165, 1.54) is 0 Å². The van der Waals surface area contributed by atoms with Crippen molar-refractivity contribution in [3.8, 4) is 22.4 Å². The van der Waals surface area contributed by atoms with Gasteiger partial charge >= 0.3 is 0 Å². The third-order valence-electron chi connectivity index (χ3n) is 3.08. The Morgan fingerprint density at radius 3 is 2.33 bits per heavy atom. The molecule has 0 spiro atoms. The highest BCUT2D eigenvalue weighted by atomic mass is 79.9. The second-order valence-corrected chi connectivity index (χ2v) is 6.31. The van der Waals surface area contributed by atoms with Gasteiger partial charge in [0.15, 0.2) is 5.82 Å². The number of nitrogens with one attached hydrogen (secondary N) is 1. The van der Waals surface area contributed by atoms with E-state index in [-0.39, 0.29) is 0 Å². The van der Waals surface area contributed by atoms with Crippen LogP contribution in [0.2, 0.25) is 10.0 Å². The number of nitrogen functional groups attached to an aromatic ring is 1. The van der Waals surface area contributed by atoms with Crippen LogP contribution in [0.3, 0.4) is 0 Å². The van der Waals surface area contributed by atoms with Crippen molar-refractivity contribution in [3.05, 3.63) is 57.0 Å². The average molecular weight is 383 g/mol. The highest BCUT2D eigenvalue weighted by molar-refractivity contribution is 9.10. The van der Waals surface area contributed by atoms with Crippen LogP contribution >= 0.6 is 39.1 Å². The smallest absolute Gasteiger partial charge is 0.153 e. The molecule has 3 nitrogen and oxygen atoms in total. The van der Waals surface area contributed by atoms with Gasteiger partial charge in [-0.05, 0) is 35.9 Å². The van der Waals surface area contributed by atoms with E-state index in [4.69, 9.17) is 28.9 Å². The standard InChI is InChI=1S/C15H10BrCl2N3/c16-10-5-9(6-12(18)7-10)14-13(15(19)21-20-14)8-1-3-11(17)4-2-8/h1-7H,(H3,19,20,21). The zero-order chi connectivity index (χ0) is 15.0. The Bertz CT molecular complexity index is 777. The van der Waals surface area contributed by atoms with E-state index in [9.17, 15) is 0 Å². The molecule has 0 radical (unpaired) electrons. The molecule has 0 bridgehead atoms. The molecule has 0 saturated heterocycles. The molecule has 0 aliphatic rings. The third kappa shape index (κ3) is 2.93. The number of rotatable bonds is 2. The van der Waals surface area contributed by atoms with Gasteiger partial charge in [0, 0.05) is 20.1 Å². The zero-order valence-corrected chi connectivity index (χ0v) is 13.8. The monoisotopic (exact) mass is 381 g/mol. The fourth-order valence-corrected chi connectivity index (χ4v) is 3.16. The number of nitrogens with two attached hydrogens (primary N) is 1. The number of hydrogen-bond acceptors (Lipinski definition) is 2. The molecule has 0 aliphatic carbocycles. The topological polar surface area (TPSA) is 54.7 Å². The van der Waals surface area contributed by atoms with Crippen LogP contribution in [-0.2, 0) is 0 Å². The molecule has 3 N–H and O–H groups in total. The summed E-state index contributed by atoms with van der Waals surface area (Å²) in [4.78, 5) is 0. The molecule has 3 rings (SSSR count). The normalized spacial score (nSPS) is 10.8. The number of aromatic nitrogens is 2. The first-order valence-electron chi connectivity index (χ1n) is 6.11. The lowest BCUT2D eigenvalue weighted by Gasteiger charge is -2.06. The van der Waals surface area contributed by atoms with Crippen LogP contribution in [0.25, 0.3) is 22.4 Å². The summed E-state index contributed by atoms with van der Waals surface area (Å²) in [5.74, 6) is 0.434. The first-order valence-corrected chi connectivity index (χ1v) is 7.66. The molecule has 2 aromatic carbocycles. The molecule has 21 heavy (non-hydrogen) atoms. The van der Waals surface area contributed by atoms with Crippen LogP contribution in [0.4, 0.5) is 5.82 Å². The number of anilines is 1. The maximum atomic E-state index is 6.11. The predicted molar refractivity (Wildman–Crippen MR) is 91.6 cm³/mol. The van der Waals surface area contributed by atoms with Crippen molar-refractivity contribution in [2.75, 3.05) is 5.73 Å². The Labute approximate surface area is 140 Å². The lowest BCUT2D eigenvalue weighted by Crippen LogP contribution is -1.89. The number of aromatic amines is 1. The van der Waals surface area contributed by atoms with E-state index in [0.717, 1.165) is 26.9 Å². The summed E-state index contributed by atoms with van der Waals surface area (Å²) in [7, 11) is 0. The maximum absolute atomic E-state index is 6.11. The van der Waals surface area contributed by atoms with Gasteiger partial charge in [-0.3, -0.25) is 5.10 Å². The van der Waals surface area contributed by atoms with Gasteiger partial charge in [0.25, 0.3) is 0 Å². The fraction of sp³-hybridized carbons (Fsp3) is 0. The van der Waals surface area contributed by atoms with Gasteiger partial charge in [0.2, 0.25) is 0 Å². The predicted octanol–water partition coefficient (Wildman–Crippen LogP) is 5.40. The van der Waals surface area contributed by atoms with E-state index < -0.39 is 0 Å². The zero-order valence-electron chi connectivity index (χ0n) is 10.7. The van der Waals surface area contributed by atoms with E-state index >= 15 is 0 Å². The molecule has 106 valence electrons. The molecule has 0 saturated carbocycles. The van der Waals surface area contributed by atoms with Gasteiger partial charge in [-0.1, -0.05) is 51.3 Å². The minimum atomic E-state index is 0.434. The quantitative estimate of drug-likeness (QED) is 0.623. The summed E-state index contributed by atoms with van der Waals surface area (Å²) < 4.78 is 0.889. The Morgan fingerprint density at radius 1 is 0.952 bits per heavy atom. The van der Waals surface area contributed by atoms with Crippen LogP contribution in [-0.4, -0.2) is 10.2 Å². The van der Waals surface area contributed by atoms with Crippen LogP contribution in [0.1, 0.15) is 0 Å². The highest BCUT2D eigenvalue weighted by Gasteiger charge is 2.15. The molecule has 0 fully saturated rings. The first kappa shape index (κ1) is 14.4. The van der Waals surface area contributed by atoms with Gasteiger partial charge in [0.05, 0.1) is 11.3 Å². The Hall–Kier alpha value is -1.49. The third-order valence-corrected chi connectivity index (χ3v) is 4.01. The molecular formula is C15H10BrCl2N3. The first-order chi connectivity index (χ1) is 10.0. The number of H-pyrrole nitrogens is 1. The van der Waals surface area contributed by atoms with Crippen LogP contribution in [0.5, 0.6) is 0 Å². The van der Waals surface area contributed by atoms with Gasteiger partial charge in [-0.15, -0.1) is 0 Å². The molecule has 6 heteroatoms. The molecule has 1 heterocycles. The highest BCUT2D eigenvalue weighted by Crippen LogP contribution is 2.37. The summed E-state index contributed by atoms with van der Waals surface area (Å²) in [6.07, 6.45) is 0. The largest absolute Gasteiger partial charge is 0.382 e. The van der Waals surface area contributed by atoms with Crippen molar-refractivity contribution in [2.45, 2.75) is 0 Å². The van der Waals surface area contributed by atoms with Crippen molar-refractivity contribution < 1.29 is 0 Å². The van der Waals surface area contributed by atoms with Crippen LogP contribution < -0.4 is 5.73 Å². The number of nitrogens with zero attached hydrogens (tertiary/aromatic N) is 1. The van der Waals surface area contributed by atoms with Gasteiger partial charge in [-0.2, -0.15) is 5.10 Å². The minimum Gasteiger partial charge on any atom is -0.382 e. The number of benzene rings is 2. The van der Waals surface area contributed by atoms with Crippen molar-refractivity contribution in [2.24, 2.45) is 0 Å². The van der Waals surface area contributed by atoms with Crippen molar-refractivity contribution >= 4 is 44.9 Å². The number of halogens is 3. The van der Waals surface area contributed by atoms with E-state index in [2.05, 4.69) is 26.1 Å². The van der Waals surface area contributed by atoms with Gasteiger partial charge in [-0.25, -0.2) is 0 Å². The van der Waals surface area contributed by atoms with Crippen LogP contribution in [0, 0.1) is 0 Å². The minimum absolute atomic E-state index is 0.434. The second kappa shape index (κ2) is 5.72. The SMILES string of the molecule is Nc1n[nH]c(-c2cc(Cl)cc(Br)c2)c1-c1ccc(Cl)cc1. The molecule has 1 aromatic heterocycles. The van der Waals surface area contributed by atoms with E-state index in [1.807, 2.05) is 42.5 Å². The lowest BCUT2D eigenvalue weighted by atomic mass is 10.0. The Morgan fingerprint density at radius 2 is 1.67 bits per heavy atom. The maximum Gasteiger partial charge on any atom is 0.153 e. The van der Waals surface area contributed by atoms with Crippen molar-refractivity contribution in [3.63, 3.8) is 0 Å². The van der Waals surface area contributed by atoms with Crippen LogP contribution in [0.15, 0.2) is 46.9 Å². The fourth-order valence-electron chi connectivity index (χ4n) is 2.17. The molecule has 0 aliphatic heterocycles. The van der Waals surface area contributed by atoms with Crippen molar-refractivity contribution in [1.82, 2.24) is 10.2 Å². The molecule has 3 aromatic rings. The lowest BCUT2D eigenvalue weighted by molar-refractivity contribution is 1.10. The molecule has 0 unspecified atom stereocenters. The van der Waals surface area contributed by atoms with E-state index in [0.29, 0.717) is 15.9 Å². The average Bonchev–Trinajstić information content (AvgIpc) is 2.80.